The lowest BCUT2D eigenvalue weighted by Gasteiger charge is -2.19. The minimum Gasteiger partial charge on any atom is -0.491 e. The Bertz CT molecular complexity index is 1140. The summed E-state index contributed by atoms with van der Waals surface area (Å²) < 4.78 is 20.9. The molecule has 0 radical (unpaired) electrons. The van der Waals surface area contributed by atoms with Crippen LogP contribution in [-0.4, -0.2) is 26.1 Å². The summed E-state index contributed by atoms with van der Waals surface area (Å²) >= 11 is 5.84. The molecule has 3 heterocycles. The number of ether oxygens (including phenoxy) is 1. The molecule has 0 bridgehead atoms. The number of rotatable bonds is 6. The number of pyridine rings is 2. The Kier molecular flexibility index (Phi) is 5.79. The number of nitrogens with zero attached hydrogens (tertiary/aromatic N) is 3. The van der Waals surface area contributed by atoms with Gasteiger partial charge in [0, 0.05) is 12.3 Å². The highest BCUT2D eigenvalue weighted by Crippen LogP contribution is 2.31. The van der Waals surface area contributed by atoms with Gasteiger partial charge in [-0.3, -0.25) is 14.8 Å². The molecule has 1 N–H and O–H groups in total. The van der Waals surface area contributed by atoms with Crippen LogP contribution in [0.15, 0.2) is 27.9 Å². The Balaban J connectivity index is 2.40. The molecule has 0 aliphatic carbocycles. The van der Waals surface area contributed by atoms with Crippen molar-refractivity contribution in [1.29, 1.82) is 0 Å². The molecule has 148 valence electrons. The van der Waals surface area contributed by atoms with Gasteiger partial charge in [-0.15, -0.1) is 0 Å². The molecular formula is C19H20ClFN4O3. The third kappa shape index (κ3) is 3.64. The van der Waals surface area contributed by atoms with E-state index in [1.807, 2.05) is 20.8 Å². The highest BCUT2D eigenvalue weighted by Gasteiger charge is 2.22. The average molecular weight is 407 g/mol. The Morgan fingerprint density at radius 1 is 1.36 bits per heavy atom. The summed E-state index contributed by atoms with van der Waals surface area (Å²) in [5, 5.41) is -0.533. The number of unbranched alkanes of at least 4 members (excludes halogenated alkanes) is 1. The first-order valence-corrected chi connectivity index (χ1v) is 9.36. The fourth-order valence-electron chi connectivity index (χ4n) is 2.86. The maximum atomic E-state index is 13.9. The van der Waals surface area contributed by atoms with E-state index >= 15 is 0 Å². The molecule has 0 amide bonds. The van der Waals surface area contributed by atoms with Gasteiger partial charge in [-0.25, -0.2) is 18.7 Å². The molecule has 0 saturated carbocycles. The van der Waals surface area contributed by atoms with Crippen LogP contribution in [0.25, 0.3) is 16.7 Å². The molecule has 28 heavy (non-hydrogen) atoms. The van der Waals surface area contributed by atoms with Crippen LogP contribution in [0.2, 0.25) is 5.15 Å². The van der Waals surface area contributed by atoms with Gasteiger partial charge in [0.1, 0.15) is 11.4 Å². The molecule has 3 rings (SSSR count). The van der Waals surface area contributed by atoms with E-state index in [9.17, 15) is 14.0 Å². The van der Waals surface area contributed by atoms with Crippen LogP contribution in [0.5, 0.6) is 5.75 Å². The molecule has 0 aromatic carbocycles. The van der Waals surface area contributed by atoms with Gasteiger partial charge in [0.25, 0.3) is 5.56 Å². The number of aromatic nitrogens is 4. The van der Waals surface area contributed by atoms with Crippen molar-refractivity contribution in [2.45, 2.75) is 39.5 Å². The van der Waals surface area contributed by atoms with Crippen LogP contribution in [-0.2, 0) is 0 Å². The molecule has 3 aromatic rings. The van der Waals surface area contributed by atoms with Gasteiger partial charge < -0.3 is 4.74 Å². The van der Waals surface area contributed by atoms with Gasteiger partial charge in [-0.2, -0.15) is 0 Å². The SMILES string of the molecule is CCCCOc1ccnc(C(C)C)c1-n1c(=O)[nH]c(=O)c2cc(F)c(Cl)nc21. The second-order valence-corrected chi connectivity index (χ2v) is 6.98. The molecular weight excluding hydrogens is 387 g/mol. The van der Waals surface area contributed by atoms with E-state index in [0.29, 0.717) is 23.7 Å². The van der Waals surface area contributed by atoms with Gasteiger partial charge in [0.2, 0.25) is 0 Å². The van der Waals surface area contributed by atoms with Gasteiger partial charge >= 0.3 is 5.69 Å². The van der Waals surface area contributed by atoms with Gasteiger partial charge in [0.05, 0.1) is 17.7 Å². The predicted octanol–water partition coefficient (Wildman–Crippen LogP) is 3.56. The molecule has 3 aromatic heterocycles. The fraction of sp³-hybridized carbons (Fsp3) is 0.368. The number of halogens is 2. The first-order valence-electron chi connectivity index (χ1n) is 8.98. The summed E-state index contributed by atoms with van der Waals surface area (Å²) in [5.41, 5.74) is -0.609. The van der Waals surface area contributed by atoms with Crippen LogP contribution in [0.3, 0.4) is 0 Å². The van der Waals surface area contributed by atoms with Gasteiger partial charge in [-0.1, -0.05) is 38.8 Å². The number of aromatic amines is 1. The number of fused-ring (bicyclic) bond motifs is 1. The highest BCUT2D eigenvalue weighted by atomic mass is 35.5. The topological polar surface area (TPSA) is 89.9 Å². The standard InChI is InChI=1S/C19H20ClFN4O3/c1-4-5-8-28-13-6-7-22-14(10(2)3)15(13)25-17-11(18(26)24-19(25)27)9-12(21)16(20)23-17/h6-7,9-10H,4-5,8H2,1-3H3,(H,24,26,27). The molecule has 0 spiro atoms. The van der Waals surface area contributed by atoms with Crippen LogP contribution >= 0.6 is 11.6 Å². The van der Waals surface area contributed by atoms with E-state index in [4.69, 9.17) is 16.3 Å². The van der Waals surface area contributed by atoms with Crippen molar-refractivity contribution in [3.8, 4) is 11.4 Å². The molecule has 0 fully saturated rings. The number of nitrogens with one attached hydrogen (secondary N) is 1. The van der Waals surface area contributed by atoms with E-state index in [0.717, 1.165) is 18.9 Å². The molecule has 7 nitrogen and oxygen atoms in total. The monoisotopic (exact) mass is 406 g/mol. The average Bonchev–Trinajstić information content (AvgIpc) is 2.64. The van der Waals surface area contributed by atoms with E-state index in [2.05, 4.69) is 15.0 Å². The predicted molar refractivity (Wildman–Crippen MR) is 105 cm³/mol. The maximum absolute atomic E-state index is 13.9. The summed E-state index contributed by atoms with van der Waals surface area (Å²) in [5.74, 6) is -0.487. The molecule has 0 atom stereocenters. The zero-order valence-corrected chi connectivity index (χ0v) is 16.5. The second-order valence-electron chi connectivity index (χ2n) is 6.63. The Morgan fingerprint density at radius 2 is 2.11 bits per heavy atom. The quantitative estimate of drug-likeness (QED) is 0.499. The lowest BCUT2D eigenvalue weighted by molar-refractivity contribution is 0.307. The second kappa shape index (κ2) is 8.10. The van der Waals surface area contributed by atoms with Crippen molar-refractivity contribution < 1.29 is 9.13 Å². The van der Waals surface area contributed by atoms with Crippen molar-refractivity contribution in [2.24, 2.45) is 0 Å². The minimum atomic E-state index is -0.848. The highest BCUT2D eigenvalue weighted by molar-refractivity contribution is 6.29. The van der Waals surface area contributed by atoms with Crippen LogP contribution < -0.4 is 16.0 Å². The zero-order chi connectivity index (χ0) is 20.4. The van der Waals surface area contributed by atoms with E-state index in [1.54, 1.807) is 12.3 Å². The Labute approximate surface area is 165 Å². The lowest BCUT2D eigenvalue weighted by atomic mass is 10.1. The summed E-state index contributed by atoms with van der Waals surface area (Å²) in [6.45, 7) is 6.32. The normalized spacial score (nSPS) is 11.4. The van der Waals surface area contributed by atoms with Gasteiger partial charge in [0.15, 0.2) is 16.6 Å². The Morgan fingerprint density at radius 3 is 2.79 bits per heavy atom. The maximum Gasteiger partial charge on any atom is 0.334 e. The minimum absolute atomic E-state index is 0.0598. The summed E-state index contributed by atoms with van der Waals surface area (Å²) in [7, 11) is 0. The molecule has 0 saturated heterocycles. The summed E-state index contributed by atoms with van der Waals surface area (Å²) in [4.78, 5) is 35.5. The van der Waals surface area contributed by atoms with E-state index in [-0.39, 0.29) is 17.0 Å². The third-order valence-corrected chi connectivity index (χ3v) is 4.50. The largest absolute Gasteiger partial charge is 0.491 e. The summed E-state index contributed by atoms with van der Waals surface area (Å²) in [6.07, 6.45) is 3.36. The van der Waals surface area contributed by atoms with Crippen molar-refractivity contribution in [2.75, 3.05) is 6.61 Å². The van der Waals surface area contributed by atoms with Crippen LogP contribution in [0, 0.1) is 5.82 Å². The molecule has 9 heteroatoms. The number of hydrogen-bond acceptors (Lipinski definition) is 5. The molecule has 0 aliphatic heterocycles. The first-order chi connectivity index (χ1) is 13.3. The van der Waals surface area contributed by atoms with Gasteiger partial charge in [-0.05, 0) is 18.4 Å². The molecule has 0 aliphatic rings. The van der Waals surface area contributed by atoms with Crippen molar-refractivity contribution in [3.05, 3.63) is 55.8 Å². The van der Waals surface area contributed by atoms with Crippen molar-refractivity contribution in [3.63, 3.8) is 0 Å². The smallest absolute Gasteiger partial charge is 0.334 e. The third-order valence-electron chi connectivity index (χ3n) is 4.23. The van der Waals surface area contributed by atoms with Crippen molar-refractivity contribution >= 4 is 22.6 Å². The van der Waals surface area contributed by atoms with E-state index < -0.39 is 22.2 Å². The number of hydrogen-bond donors (Lipinski definition) is 1. The zero-order valence-electron chi connectivity index (χ0n) is 15.8. The van der Waals surface area contributed by atoms with Crippen LogP contribution in [0.4, 0.5) is 4.39 Å². The Hall–Kier alpha value is -2.74. The lowest BCUT2D eigenvalue weighted by Crippen LogP contribution is -2.31. The molecule has 0 unspecified atom stereocenters. The summed E-state index contributed by atoms with van der Waals surface area (Å²) in [6, 6.07) is 2.61. The first kappa shape index (κ1) is 20.0. The van der Waals surface area contributed by atoms with Crippen LogP contribution in [0.1, 0.15) is 45.2 Å². The van der Waals surface area contributed by atoms with E-state index in [1.165, 1.54) is 4.57 Å². The fourth-order valence-corrected chi connectivity index (χ4v) is 3.00. The number of H-pyrrole nitrogens is 1. The van der Waals surface area contributed by atoms with Crippen molar-refractivity contribution in [1.82, 2.24) is 19.5 Å².